The lowest BCUT2D eigenvalue weighted by Gasteiger charge is -2.39. The molecule has 7 atom stereocenters. The molecule has 3 aliphatic rings. The van der Waals surface area contributed by atoms with Crippen molar-refractivity contribution in [2.45, 2.75) is 63.3 Å². The average molecular weight is 541 g/mol. The zero-order valence-electron chi connectivity index (χ0n) is 23.3. The van der Waals surface area contributed by atoms with Crippen molar-refractivity contribution in [3.63, 3.8) is 0 Å². The van der Waals surface area contributed by atoms with Crippen LogP contribution in [0, 0.1) is 17.8 Å². The normalized spacial score (nSPS) is 31.5. The molecule has 3 aliphatic heterocycles. The monoisotopic (exact) mass is 540 g/mol. The zero-order valence-corrected chi connectivity index (χ0v) is 23.3. The molecule has 212 valence electrons. The Bertz CT molecular complexity index is 1120. The number of ether oxygens (including phenoxy) is 3. The number of hydrogen-bond donors (Lipinski definition) is 1. The van der Waals surface area contributed by atoms with E-state index in [4.69, 9.17) is 14.2 Å². The highest BCUT2D eigenvalue weighted by Crippen LogP contribution is 2.65. The Kier molecular flexibility index (Phi) is 8.23. The van der Waals surface area contributed by atoms with Gasteiger partial charge < -0.3 is 29.1 Å². The van der Waals surface area contributed by atoms with Gasteiger partial charge in [-0.1, -0.05) is 26.0 Å². The number of carbonyl (C=O) groups is 3. The van der Waals surface area contributed by atoms with E-state index in [0.717, 1.165) is 0 Å². The predicted molar refractivity (Wildman–Crippen MR) is 146 cm³/mol. The van der Waals surface area contributed by atoms with Crippen molar-refractivity contribution in [2.75, 3.05) is 31.8 Å². The smallest absolute Gasteiger partial charge is 0.312 e. The summed E-state index contributed by atoms with van der Waals surface area (Å²) in [6.45, 7) is 13.2. The first-order valence-corrected chi connectivity index (χ1v) is 13.6. The van der Waals surface area contributed by atoms with Crippen LogP contribution in [-0.4, -0.2) is 77.9 Å². The Hall–Kier alpha value is -3.17. The molecular weight excluding hydrogens is 500 g/mol. The summed E-state index contributed by atoms with van der Waals surface area (Å²) in [5, 5.41) is 10.3. The lowest BCUT2D eigenvalue weighted by Crippen LogP contribution is -2.59. The lowest BCUT2D eigenvalue weighted by molar-refractivity contribution is -0.162. The van der Waals surface area contributed by atoms with E-state index in [-0.39, 0.29) is 37.5 Å². The molecule has 1 N–H and O–H groups in total. The molecule has 1 aromatic carbocycles. The van der Waals surface area contributed by atoms with Crippen molar-refractivity contribution < 1.29 is 33.7 Å². The molecule has 0 radical (unpaired) electrons. The van der Waals surface area contributed by atoms with Gasteiger partial charge in [0.05, 0.1) is 37.9 Å². The van der Waals surface area contributed by atoms with Crippen molar-refractivity contribution in [3.05, 3.63) is 49.6 Å². The first-order chi connectivity index (χ1) is 18.6. The maximum Gasteiger partial charge on any atom is 0.312 e. The summed E-state index contributed by atoms with van der Waals surface area (Å²) < 4.78 is 17.6. The number of likely N-dealkylation sites (tertiary alicyclic amines) is 1. The highest BCUT2D eigenvalue weighted by Gasteiger charge is 2.80. The number of methoxy groups -OCH3 is 1. The summed E-state index contributed by atoms with van der Waals surface area (Å²) in [5.74, 6) is -2.45. The quantitative estimate of drug-likeness (QED) is 0.247. The van der Waals surface area contributed by atoms with Crippen LogP contribution in [-0.2, 0) is 23.9 Å². The third-order valence-electron chi connectivity index (χ3n) is 8.84. The molecule has 0 aliphatic carbocycles. The van der Waals surface area contributed by atoms with Crippen molar-refractivity contribution in [1.29, 1.82) is 0 Å². The molecule has 39 heavy (non-hydrogen) atoms. The fourth-order valence-electron chi connectivity index (χ4n) is 6.82. The van der Waals surface area contributed by atoms with E-state index in [1.807, 2.05) is 20.8 Å². The summed E-state index contributed by atoms with van der Waals surface area (Å²) in [5.41, 5.74) is -1.60. The van der Waals surface area contributed by atoms with Gasteiger partial charge >= 0.3 is 5.97 Å². The second-order valence-electron chi connectivity index (χ2n) is 10.9. The summed E-state index contributed by atoms with van der Waals surface area (Å²) >= 11 is 0. The number of aliphatic hydroxyl groups excluding tert-OH is 1. The fourth-order valence-corrected chi connectivity index (χ4v) is 6.82. The Morgan fingerprint density at radius 1 is 1.28 bits per heavy atom. The third-order valence-corrected chi connectivity index (χ3v) is 8.84. The minimum Gasteiger partial charge on any atom is -0.497 e. The molecule has 9 nitrogen and oxygen atoms in total. The standard InChI is InChI=1S/C30H40N2O7/c1-7-10-16-38-28(36)24-23-26(34)32(20(9-3)18-33)25(30(23)17-19(4)29(24,5)39-30)27(35)31(15-8-2)21-11-13-22(37-6)14-12-21/h7-8,11-14,19-20,23-25,33H,1-2,9-10,15-18H2,3-6H3/t19?,20-,23-,24+,25?,29-,30?/m0/s1. The summed E-state index contributed by atoms with van der Waals surface area (Å²) in [6, 6.07) is 5.42. The van der Waals surface area contributed by atoms with Crippen LogP contribution in [0.15, 0.2) is 49.6 Å². The van der Waals surface area contributed by atoms with Crippen LogP contribution in [0.4, 0.5) is 5.69 Å². The number of anilines is 1. The van der Waals surface area contributed by atoms with Crippen molar-refractivity contribution in [3.8, 4) is 5.75 Å². The highest BCUT2D eigenvalue weighted by molar-refractivity contribution is 6.05. The van der Waals surface area contributed by atoms with E-state index in [9.17, 15) is 19.5 Å². The van der Waals surface area contributed by atoms with E-state index in [0.29, 0.717) is 30.7 Å². The molecule has 1 aromatic rings. The van der Waals surface area contributed by atoms with Crippen molar-refractivity contribution >= 4 is 23.5 Å². The summed E-state index contributed by atoms with van der Waals surface area (Å²) in [7, 11) is 1.57. The van der Waals surface area contributed by atoms with Crippen LogP contribution in [0.3, 0.4) is 0 Å². The molecule has 1 spiro atoms. The number of rotatable bonds is 12. The van der Waals surface area contributed by atoms with Crippen LogP contribution in [0.1, 0.15) is 40.0 Å². The van der Waals surface area contributed by atoms with Crippen LogP contribution < -0.4 is 9.64 Å². The van der Waals surface area contributed by atoms with Gasteiger partial charge in [0.15, 0.2) is 0 Å². The van der Waals surface area contributed by atoms with Crippen LogP contribution >= 0.6 is 0 Å². The Labute approximate surface area is 230 Å². The van der Waals surface area contributed by atoms with Crippen LogP contribution in [0.25, 0.3) is 0 Å². The molecule has 0 aromatic heterocycles. The SMILES string of the molecule is C=CCCOC(=O)[C@H]1[C@H]2C(=O)N([C@@H](CC)CO)C(C(=O)N(CC=C)c3ccc(OC)cc3)C23CC(C)[C@]1(C)O3. The average Bonchev–Trinajstić information content (AvgIpc) is 3.45. The Balaban J connectivity index is 1.82. The van der Waals surface area contributed by atoms with Gasteiger partial charge in [-0.15, -0.1) is 13.2 Å². The van der Waals surface area contributed by atoms with Gasteiger partial charge in [0.25, 0.3) is 5.91 Å². The zero-order chi connectivity index (χ0) is 28.5. The Morgan fingerprint density at radius 3 is 2.54 bits per heavy atom. The molecule has 2 amide bonds. The molecular formula is C30H40N2O7. The molecule has 9 heteroatoms. The van der Waals surface area contributed by atoms with Crippen molar-refractivity contribution in [1.82, 2.24) is 4.90 Å². The number of nitrogens with zero attached hydrogens (tertiary/aromatic N) is 2. The number of esters is 1. The molecule has 3 heterocycles. The molecule has 2 bridgehead atoms. The van der Waals surface area contributed by atoms with Crippen molar-refractivity contribution in [2.24, 2.45) is 17.8 Å². The second-order valence-corrected chi connectivity index (χ2v) is 10.9. The molecule has 3 fully saturated rings. The van der Waals surface area contributed by atoms with Crippen LogP contribution in [0.2, 0.25) is 0 Å². The number of hydrogen-bond acceptors (Lipinski definition) is 7. The first-order valence-electron chi connectivity index (χ1n) is 13.6. The second kappa shape index (κ2) is 11.1. The number of amides is 2. The minimum atomic E-state index is -1.24. The van der Waals surface area contributed by atoms with Gasteiger partial charge in [0.1, 0.15) is 23.3 Å². The molecule has 4 rings (SSSR count). The van der Waals surface area contributed by atoms with E-state index < -0.39 is 41.1 Å². The van der Waals surface area contributed by atoms with Gasteiger partial charge in [-0.05, 0) is 56.4 Å². The first kappa shape index (κ1) is 28.8. The van der Waals surface area contributed by atoms with Gasteiger partial charge in [-0.25, -0.2) is 0 Å². The molecule has 3 saturated heterocycles. The minimum absolute atomic E-state index is 0.114. The number of carbonyl (C=O) groups excluding carboxylic acids is 3. The predicted octanol–water partition coefficient (Wildman–Crippen LogP) is 3.12. The molecule has 3 unspecified atom stereocenters. The number of aliphatic hydroxyl groups is 1. The summed E-state index contributed by atoms with van der Waals surface area (Å²) in [4.78, 5) is 45.3. The maximum absolute atomic E-state index is 14.6. The largest absolute Gasteiger partial charge is 0.497 e. The highest BCUT2D eigenvalue weighted by atomic mass is 16.6. The summed E-state index contributed by atoms with van der Waals surface area (Å²) in [6.07, 6.45) is 4.63. The Morgan fingerprint density at radius 2 is 1.97 bits per heavy atom. The lowest BCUT2D eigenvalue weighted by atomic mass is 9.62. The van der Waals surface area contributed by atoms with Crippen LogP contribution in [0.5, 0.6) is 5.75 Å². The van der Waals surface area contributed by atoms with Gasteiger partial charge in [0.2, 0.25) is 5.91 Å². The third kappa shape index (κ3) is 4.45. The topological polar surface area (TPSA) is 106 Å². The number of fused-ring (bicyclic) bond motifs is 1. The fraction of sp³-hybridized carbons (Fsp3) is 0.567. The van der Waals surface area contributed by atoms with E-state index in [1.54, 1.807) is 48.4 Å². The van der Waals surface area contributed by atoms with Gasteiger partial charge in [-0.3, -0.25) is 14.4 Å². The number of benzene rings is 1. The van der Waals surface area contributed by atoms with Gasteiger partial charge in [0, 0.05) is 12.2 Å². The van der Waals surface area contributed by atoms with E-state index in [1.165, 1.54) is 4.90 Å². The maximum atomic E-state index is 14.6. The van der Waals surface area contributed by atoms with E-state index >= 15 is 0 Å². The van der Waals surface area contributed by atoms with E-state index in [2.05, 4.69) is 13.2 Å². The van der Waals surface area contributed by atoms with Gasteiger partial charge in [-0.2, -0.15) is 0 Å². The molecule has 0 saturated carbocycles.